The fraction of sp³-hybridized carbons (Fsp3) is 0.760. The van der Waals surface area contributed by atoms with Crippen molar-refractivity contribution in [3.8, 4) is 11.5 Å². The molecular weight excluding hydrogens is 378 g/mol. The molecule has 4 aliphatic carbocycles. The number of ether oxygens (including phenoxy) is 2. The molecule has 7 atom stereocenters. The zero-order valence-corrected chi connectivity index (χ0v) is 18.8. The van der Waals surface area contributed by atoms with Gasteiger partial charge >= 0.3 is 0 Å². The van der Waals surface area contributed by atoms with Crippen molar-refractivity contribution in [1.82, 2.24) is 5.32 Å². The molecule has 0 radical (unpaired) electrons. The van der Waals surface area contributed by atoms with Crippen LogP contribution >= 0.6 is 0 Å². The van der Waals surface area contributed by atoms with Crippen LogP contribution in [0.25, 0.3) is 0 Å². The summed E-state index contributed by atoms with van der Waals surface area (Å²) in [4.78, 5) is 0. The van der Waals surface area contributed by atoms with Crippen molar-refractivity contribution in [1.29, 1.82) is 0 Å². The Hall–Kier alpha value is -1.30. The molecule has 0 aromatic heterocycles. The summed E-state index contributed by atoms with van der Waals surface area (Å²) in [5, 5.41) is 26.6. The Labute approximate surface area is 179 Å². The number of methoxy groups -OCH3 is 1. The van der Waals surface area contributed by atoms with E-state index >= 15 is 0 Å². The number of phenolic OH excluding ortho intramolecular Hbond substituents is 1. The standard InChI is InChI=1S/C25H35NO4/c1-21(2,3)22(4,28)16-13-23-8-9-25(16,29-5)20-24(23)10-11-26-17(23)12-14-6-7-15(27)19(30-20)18(14)24/h6-7,16-17,20,26-28H,8-13H2,1-5H3/t16?,17-,20-,22-,23-,24+,25+/m1/s1. The summed E-state index contributed by atoms with van der Waals surface area (Å²) in [5.41, 5.74) is 0.658. The van der Waals surface area contributed by atoms with Crippen LogP contribution in [0.5, 0.6) is 11.5 Å². The number of phenols is 1. The Morgan fingerprint density at radius 2 is 1.93 bits per heavy atom. The van der Waals surface area contributed by atoms with Gasteiger partial charge in [0.15, 0.2) is 11.5 Å². The minimum absolute atomic E-state index is 0.0160. The van der Waals surface area contributed by atoms with Crippen molar-refractivity contribution in [2.45, 2.75) is 88.6 Å². The number of rotatable bonds is 2. The molecule has 4 fully saturated rings. The van der Waals surface area contributed by atoms with Crippen molar-refractivity contribution in [2.24, 2.45) is 16.7 Å². The van der Waals surface area contributed by atoms with E-state index in [0.717, 1.165) is 38.6 Å². The van der Waals surface area contributed by atoms with Gasteiger partial charge in [0.2, 0.25) is 0 Å². The summed E-state index contributed by atoms with van der Waals surface area (Å²) >= 11 is 0. The smallest absolute Gasteiger partial charge is 0.165 e. The highest BCUT2D eigenvalue weighted by atomic mass is 16.6. The average molecular weight is 414 g/mol. The second kappa shape index (κ2) is 5.36. The fourth-order valence-corrected chi connectivity index (χ4v) is 8.53. The first-order chi connectivity index (χ1) is 14.1. The fourth-order valence-electron chi connectivity index (χ4n) is 8.53. The summed E-state index contributed by atoms with van der Waals surface area (Å²) in [6.45, 7) is 9.33. The molecule has 5 heteroatoms. The second-order valence-electron chi connectivity index (χ2n) is 11.8. The van der Waals surface area contributed by atoms with Crippen LogP contribution in [-0.2, 0) is 16.6 Å². The molecule has 1 saturated heterocycles. The Balaban J connectivity index is 1.65. The van der Waals surface area contributed by atoms with Crippen molar-refractivity contribution in [3.63, 3.8) is 0 Å². The minimum atomic E-state index is -0.910. The largest absolute Gasteiger partial charge is 0.504 e. The first-order valence-electron chi connectivity index (χ1n) is 11.6. The van der Waals surface area contributed by atoms with E-state index in [-0.39, 0.29) is 34.0 Å². The van der Waals surface area contributed by atoms with E-state index in [4.69, 9.17) is 9.47 Å². The molecular formula is C25H35NO4. The molecule has 30 heavy (non-hydrogen) atoms. The van der Waals surface area contributed by atoms with E-state index in [1.807, 2.05) is 6.92 Å². The Kier molecular flexibility index (Phi) is 3.46. The number of aromatic hydroxyl groups is 1. The van der Waals surface area contributed by atoms with Crippen molar-refractivity contribution < 1.29 is 19.7 Å². The van der Waals surface area contributed by atoms with Gasteiger partial charge in [-0.05, 0) is 62.6 Å². The van der Waals surface area contributed by atoms with Gasteiger partial charge in [0.05, 0.1) is 5.60 Å². The third kappa shape index (κ3) is 1.77. The van der Waals surface area contributed by atoms with E-state index in [0.29, 0.717) is 11.8 Å². The number of aliphatic hydroxyl groups is 1. The number of hydrogen-bond donors (Lipinski definition) is 3. The van der Waals surface area contributed by atoms with Gasteiger partial charge in [0, 0.05) is 35.5 Å². The molecule has 5 nitrogen and oxygen atoms in total. The lowest BCUT2D eigenvalue weighted by atomic mass is 9.33. The van der Waals surface area contributed by atoms with E-state index in [1.165, 1.54) is 11.1 Å². The summed E-state index contributed by atoms with van der Waals surface area (Å²) in [7, 11) is 1.80. The topological polar surface area (TPSA) is 71.0 Å². The van der Waals surface area contributed by atoms with Crippen LogP contribution in [0.1, 0.15) is 64.5 Å². The van der Waals surface area contributed by atoms with Crippen LogP contribution in [0, 0.1) is 16.7 Å². The van der Waals surface area contributed by atoms with Crippen LogP contribution in [0.3, 0.4) is 0 Å². The number of fused-ring (bicyclic) bond motifs is 2. The van der Waals surface area contributed by atoms with Gasteiger partial charge in [-0.15, -0.1) is 0 Å². The molecule has 1 aromatic rings. The molecule has 164 valence electrons. The highest BCUT2D eigenvalue weighted by molar-refractivity contribution is 5.63. The summed E-state index contributed by atoms with van der Waals surface area (Å²) in [5.74, 6) is 0.887. The predicted octanol–water partition coefficient (Wildman–Crippen LogP) is 3.29. The molecule has 0 amide bonds. The van der Waals surface area contributed by atoms with Gasteiger partial charge in [-0.2, -0.15) is 0 Å². The third-order valence-corrected chi connectivity index (χ3v) is 10.4. The van der Waals surface area contributed by atoms with Gasteiger partial charge in [0.1, 0.15) is 11.7 Å². The molecule has 2 spiro atoms. The van der Waals surface area contributed by atoms with E-state index in [9.17, 15) is 10.2 Å². The monoisotopic (exact) mass is 413 g/mol. The van der Waals surface area contributed by atoms with E-state index in [2.05, 4.69) is 32.2 Å². The van der Waals surface area contributed by atoms with Gasteiger partial charge in [-0.25, -0.2) is 0 Å². The van der Waals surface area contributed by atoms with Gasteiger partial charge in [0.25, 0.3) is 0 Å². The average Bonchev–Trinajstić information content (AvgIpc) is 3.05. The van der Waals surface area contributed by atoms with Crippen LogP contribution in [-0.4, -0.2) is 47.2 Å². The lowest BCUT2D eigenvalue weighted by Crippen LogP contribution is -2.83. The normalized spacial score (nSPS) is 44.9. The number of nitrogens with one attached hydrogen (secondary N) is 1. The maximum atomic E-state index is 12.0. The minimum Gasteiger partial charge on any atom is -0.504 e. The molecule has 1 aromatic carbocycles. The third-order valence-electron chi connectivity index (χ3n) is 10.4. The highest BCUT2D eigenvalue weighted by Crippen LogP contribution is 2.77. The zero-order chi connectivity index (χ0) is 21.3. The number of benzene rings is 1. The molecule has 3 saturated carbocycles. The quantitative estimate of drug-likeness (QED) is 0.694. The predicted molar refractivity (Wildman–Crippen MR) is 114 cm³/mol. The van der Waals surface area contributed by atoms with Crippen LogP contribution in [0.15, 0.2) is 12.1 Å². The maximum absolute atomic E-state index is 12.0. The maximum Gasteiger partial charge on any atom is 0.165 e. The molecule has 2 heterocycles. The molecule has 4 bridgehead atoms. The number of hydrogen-bond acceptors (Lipinski definition) is 5. The summed E-state index contributed by atoms with van der Waals surface area (Å²) in [6.07, 6.45) is 4.66. The van der Waals surface area contributed by atoms with Crippen molar-refractivity contribution >= 4 is 0 Å². The molecule has 3 N–H and O–H groups in total. The molecule has 1 unspecified atom stereocenters. The highest BCUT2D eigenvalue weighted by Gasteiger charge is 2.81. The lowest BCUT2D eigenvalue weighted by Gasteiger charge is -2.74. The van der Waals surface area contributed by atoms with Crippen LogP contribution in [0.4, 0.5) is 0 Å². The van der Waals surface area contributed by atoms with E-state index < -0.39 is 11.2 Å². The van der Waals surface area contributed by atoms with Gasteiger partial charge < -0.3 is 25.0 Å². The Morgan fingerprint density at radius 3 is 2.63 bits per heavy atom. The van der Waals surface area contributed by atoms with Gasteiger partial charge in [-0.3, -0.25) is 0 Å². The second-order valence-corrected chi connectivity index (χ2v) is 11.8. The molecule has 2 aliphatic heterocycles. The van der Waals surface area contributed by atoms with Crippen molar-refractivity contribution in [2.75, 3.05) is 13.7 Å². The Morgan fingerprint density at radius 1 is 1.17 bits per heavy atom. The Bertz CT molecular complexity index is 936. The zero-order valence-electron chi connectivity index (χ0n) is 18.8. The number of piperidine rings is 1. The van der Waals surface area contributed by atoms with Crippen LogP contribution in [0.2, 0.25) is 0 Å². The first-order valence-corrected chi connectivity index (χ1v) is 11.6. The lowest BCUT2D eigenvalue weighted by molar-refractivity contribution is -0.303. The molecule has 6 aliphatic rings. The summed E-state index contributed by atoms with van der Waals surface area (Å²) in [6, 6.07) is 4.26. The summed E-state index contributed by atoms with van der Waals surface area (Å²) < 4.78 is 13.2. The van der Waals surface area contributed by atoms with Crippen molar-refractivity contribution in [3.05, 3.63) is 23.3 Å². The van der Waals surface area contributed by atoms with Crippen LogP contribution < -0.4 is 10.1 Å². The SMILES string of the molecule is CO[C@@]12CC[C@@]3(CC1[C@@](C)(O)C(C)(C)C)[C@H]1Cc4ccc(O)c5c4[C@@]3(CCN1)[C@H]2O5. The first kappa shape index (κ1) is 19.4. The van der Waals surface area contributed by atoms with E-state index in [1.54, 1.807) is 13.2 Å². The molecule has 7 rings (SSSR count). The van der Waals surface area contributed by atoms with Gasteiger partial charge in [-0.1, -0.05) is 26.8 Å².